The minimum atomic E-state index is 0.0295. The van der Waals surface area contributed by atoms with E-state index in [2.05, 4.69) is 21.8 Å². The topological polar surface area (TPSA) is 39.2 Å². The zero-order valence-corrected chi connectivity index (χ0v) is 15.7. The number of rotatable bonds is 8. The van der Waals surface area contributed by atoms with Crippen molar-refractivity contribution < 1.29 is 9.53 Å². The summed E-state index contributed by atoms with van der Waals surface area (Å²) in [6, 6.07) is 11.5. The Hall–Kier alpha value is -1.63. The largest absolute Gasteiger partial charge is 0.492 e. The molecule has 1 aromatic carbocycles. The van der Waals surface area contributed by atoms with Gasteiger partial charge in [-0.3, -0.25) is 4.79 Å². The van der Waals surface area contributed by atoms with E-state index in [4.69, 9.17) is 4.74 Å². The van der Waals surface area contributed by atoms with Gasteiger partial charge in [0, 0.05) is 16.9 Å². The van der Waals surface area contributed by atoms with Gasteiger partial charge >= 0.3 is 0 Å². The number of ether oxygens (including phenoxy) is 1. The molecular weight excluding hydrogens is 358 g/mol. The van der Waals surface area contributed by atoms with Gasteiger partial charge in [-0.2, -0.15) is 11.8 Å². The van der Waals surface area contributed by atoms with E-state index in [9.17, 15) is 4.79 Å². The zero-order chi connectivity index (χ0) is 16.8. The summed E-state index contributed by atoms with van der Waals surface area (Å²) in [7, 11) is 0. The molecule has 0 aliphatic rings. The molecule has 3 aromatic rings. The van der Waals surface area contributed by atoms with Crippen LogP contribution >= 0.6 is 34.4 Å². The Bertz CT molecular complexity index is 796. The number of benzene rings is 1. The molecule has 2 aromatic heterocycles. The number of aromatic nitrogens is 1. The van der Waals surface area contributed by atoms with Crippen LogP contribution < -0.4 is 4.74 Å². The smallest absolute Gasteiger partial charge is 0.163 e. The SMILES string of the molecule is CC(=O)c1ccccc1OCCSCc1csc(-c2cccs2)n1. The third-order valence-electron chi connectivity index (χ3n) is 3.29. The fourth-order valence-electron chi connectivity index (χ4n) is 2.16. The van der Waals surface area contributed by atoms with E-state index < -0.39 is 0 Å². The number of carbonyl (C=O) groups is 1. The van der Waals surface area contributed by atoms with Crippen LogP contribution in [0.4, 0.5) is 0 Å². The minimum absolute atomic E-state index is 0.0295. The van der Waals surface area contributed by atoms with Crippen molar-refractivity contribution in [2.75, 3.05) is 12.4 Å². The highest BCUT2D eigenvalue weighted by atomic mass is 32.2. The van der Waals surface area contributed by atoms with Crippen molar-refractivity contribution in [3.63, 3.8) is 0 Å². The van der Waals surface area contributed by atoms with Gasteiger partial charge in [0.15, 0.2) is 5.78 Å². The third-order valence-corrected chi connectivity index (χ3v) is 6.17. The van der Waals surface area contributed by atoms with Gasteiger partial charge < -0.3 is 4.74 Å². The fourth-order valence-corrected chi connectivity index (χ4v) is 4.60. The molecule has 0 spiro atoms. The lowest BCUT2D eigenvalue weighted by Gasteiger charge is -2.09. The number of hydrogen-bond donors (Lipinski definition) is 0. The van der Waals surface area contributed by atoms with Gasteiger partial charge in [-0.1, -0.05) is 18.2 Å². The average molecular weight is 376 g/mol. The molecular formula is C18H17NO2S3. The molecule has 0 aliphatic carbocycles. The summed E-state index contributed by atoms with van der Waals surface area (Å²) in [4.78, 5) is 17.4. The molecule has 3 rings (SSSR count). The molecule has 0 radical (unpaired) electrons. The van der Waals surface area contributed by atoms with Crippen molar-refractivity contribution in [3.05, 3.63) is 58.4 Å². The molecule has 24 heavy (non-hydrogen) atoms. The summed E-state index contributed by atoms with van der Waals surface area (Å²) in [6.07, 6.45) is 0. The highest BCUT2D eigenvalue weighted by Crippen LogP contribution is 2.29. The maximum absolute atomic E-state index is 11.5. The highest BCUT2D eigenvalue weighted by molar-refractivity contribution is 7.98. The van der Waals surface area contributed by atoms with Crippen molar-refractivity contribution in [1.82, 2.24) is 4.98 Å². The quantitative estimate of drug-likeness (QED) is 0.391. The van der Waals surface area contributed by atoms with Crippen LogP contribution in [-0.2, 0) is 5.75 Å². The van der Waals surface area contributed by atoms with Crippen LogP contribution in [0, 0.1) is 0 Å². The number of thioether (sulfide) groups is 1. The maximum atomic E-state index is 11.5. The average Bonchev–Trinajstić information content (AvgIpc) is 3.26. The van der Waals surface area contributed by atoms with E-state index in [1.807, 2.05) is 24.3 Å². The Balaban J connectivity index is 1.44. The summed E-state index contributed by atoms with van der Waals surface area (Å²) in [5, 5.41) is 5.28. The monoisotopic (exact) mass is 375 g/mol. The van der Waals surface area contributed by atoms with Crippen molar-refractivity contribution in [2.24, 2.45) is 0 Å². The Morgan fingerprint density at radius 1 is 1.21 bits per heavy atom. The lowest BCUT2D eigenvalue weighted by Crippen LogP contribution is -2.04. The first-order valence-electron chi connectivity index (χ1n) is 7.53. The molecule has 0 saturated heterocycles. The predicted molar refractivity (Wildman–Crippen MR) is 104 cm³/mol. The molecule has 0 amide bonds. The number of ketones is 1. The number of thiazole rings is 1. The van der Waals surface area contributed by atoms with Crippen LogP contribution in [0.5, 0.6) is 5.75 Å². The Morgan fingerprint density at radius 3 is 2.88 bits per heavy atom. The second-order valence-electron chi connectivity index (χ2n) is 5.07. The Kier molecular flexibility index (Phi) is 6.07. The van der Waals surface area contributed by atoms with Gasteiger partial charge in [0.05, 0.1) is 22.7 Å². The minimum Gasteiger partial charge on any atom is -0.492 e. The number of hydrogen-bond acceptors (Lipinski definition) is 6. The van der Waals surface area contributed by atoms with Gasteiger partial charge in [0.2, 0.25) is 0 Å². The van der Waals surface area contributed by atoms with Crippen LogP contribution in [0.1, 0.15) is 23.0 Å². The molecule has 3 nitrogen and oxygen atoms in total. The summed E-state index contributed by atoms with van der Waals surface area (Å²) < 4.78 is 5.74. The fraction of sp³-hybridized carbons (Fsp3) is 0.222. The first-order valence-corrected chi connectivity index (χ1v) is 10.4. The van der Waals surface area contributed by atoms with E-state index in [0.29, 0.717) is 17.9 Å². The Morgan fingerprint density at radius 2 is 2.08 bits per heavy atom. The molecule has 0 atom stereocenters. The second-order valence-corrected chi connectivity index (χ2v) is 7.99. The van der Waals surface area contributed by atoms with Crippen LogP contribution in [-0.4, -0.2) is 23.1 Å². The van der Waals surface area contributed by atoms with Gasteiger partial charge in [-0.05, 0) is 30.5 Å². The molecule has 124 valence electrons. The van der Waals surface area contributed by atoms with Crippen molar-refractivity contribution in [2.45, 2.75) is 12.7 Å². The third kappa shape index (κ3) is 4.47. The lowest BCUT2D eigenvalue weighted by molar-refractivity contribution is 0.101. The predicted octanol–water partition coefficient (Wildman–Crippen LogP) is 5.39. The van der Waals surface area contributed by atoms with Crippen molar-refractivity contribution in [1.29, 1.82) is 0 Å². The maximum Gasteiger partial charge on any atom is 0.163 e. The van der Waals surface area contributed by atoms with E-state index in [1.165, 1.54) is 4.88 Å². The number of carbonyl (C=O) groups excluding carboxylic acids is 1. The second kappa shape index (κ2) is 8.46. The zero-order valence-electron chi connectivity index (χ0n) is 13.2. The Labute approximate surface area is 153 Å². The molecule has 0 saturated carbocycles. The molecule has 6 heteroatoms. The van der Waals surface area contributed by atoms with E-state index in [-0.39, 0.29) is 5.78 Å². The van der Waals surface area contributed by atoms with E-state index in [0.717, 1.165) is 22.2 Å². The summed E-state index contributed by atoms with van der Waals surface area (Å²) in [5.74, 6) is 2.43. The van der Waals surface area contributed by atoms with Gasteiger partial charge in [0.1, 0.15) is 10.8 Å². The number of para-hydroxylation sites is 1. The van der Waals surface area contributed by atoms with Crippen molar-refractivity contribution in [3.8, 4) is 15.6 Å². The molecule has 0 unspecified atom stereocenters. The van der Waals surface area contributed by atoms with Crippen LogP contribution in [0.15, 0.2) is 47.2 Å². The van der Waals surface area contributed by atoms with Crippen LogP contribution in [0.3, 0.4) is 0 Å². The molecule has 0 fully saturated rings. The summed E-state index contributed by atoms with van der Waals surface area (Å²) >= 11 is 5.19. The lowest BCUT2D eigenvalue weighted by atomic mass is 10.1. The first-order chi connectivity index (χ1) is 11.7. The van der Waals surface area contributed by atoms with Crippen LogP contribution in [0.2, 0.25) is 0 Å². The number of nitrogens with zero attached hydrogens (tertiary/aromatic N) is 1. The number of thiophene rings is 1. The molecule has 0 N–H and O–H groups in total. The summed E-state index contributed by atoms with van der Waals surface area (Å²) in [5.41, 5.74) is 1.75. The first kappa shape index (κ1) is 17.2. The van der Waals surface area contributed by atoms with Gasteiger partial charge in [-0.15, -0.1) is 22.7 Å². The molecule has 2 heterocycles. The van der Waals surface area contributed by atoms with Gasteiger partial charge in [-0.25, -0.2) is 4.98 Å². The normalized spacial score (nSPS) is 10.7. The van der Waals surface area contributed by atoms with E-state index >= 15 is 0 Å². The molecule has 0 bridgehead atoms. The van der Waals surface area contributed by atoms with Gasteiger partial charge in [0.25, 0.3) is 0 Å². The molecule has 0 aliphatic heterocycles. The number of Topliss-reactive ketones (excluding diaryl/α,β-unsaturated/α-hetero) is 1. The van der Waals surface area contributed by atoms with Crippen LogP contribution in [0.25, 0.3) is 9.88 Å². The van der Waals surface area contributed by atoms with E-state index in [1.54, 1.807) is 47.4 Å². The highest BCUT2D eigenvalue weighted by Gasteiger charge is 2.08. The summed E-state index contributed by atoms with van der Waals surface area (Å²) in [6.45, 7) is 2.14. The standard InChI is InChI=1S/C18H17NO2S3/c1-13(20)15-5-2-3-6-16(15)21-8-10-22-11-14-12-24-18(19-14)17-7-4-9-23-17/h2-7,9,12H,8,10-11H2,1H3. The van der Waals surface area contributed by atoms with Crippen molar-refractivity contribution >= 4 is 40.2 Å².